The van der Waals surface area contributed by atoms with Gasteiger partial charge in [-0.25, -0.2) is 4.79 Å². The van der Waals surface area contributed by atoms with Crippen LogP contribution in [0.4, 0.5) is 0 Å². The van der Waals surface area contributed by atoms with Crippen LogP contribution in [0.25, 0.3) is 0 Å². The van der Waals surface area contributed by atoms with Crippen LogP contribution in [0.1, 0.15) is 0 Å². The van der Waals surface area contributed by atoms with Crippen molar-refractivity contribution in [1.82, 2.24) is 5.32 Å². The van der Waals surface area contributed by atoms with Crippen molar-refractivity contribution in [1.29, 1.82) is 0 Å². The Hall–Kier alpha value is -1.79. The maximum Gasteiger partial charge on any atom is 0.336 e. The van der Waals surface area contributed by atoms with Crippen molar-refractivity contribution in [2.75, 3.05) is 20.3 Å². The summed E-state index contributed by atoms with van der Waals surface area (Å²) < 4.78 is 9.47. The molecule has 0 aliphatic rings. The SMILES string of the molecule is COC(=O)C(O)CNC(=O)COc1ccc(Cl)cc1. The zero-order chi connectivity index (χ0) is 14.3. The Morgan fingerprint density at radius 1 is 1.37 bits per heavy atom. The fourth-order valence-corrected chi connectivity index (χ4v) is 1.29. The van der Waals surface area contributed by atoms with Gasteiger partial charge < -0.3 is 19.9 Å². The number of carbonyl (C=O) groups excluding carboxylic acids is 2. The van der Waals surface area contributed by atoms with Crippen molar-refractivity contribution in [3.05, 3.63) is 29.3 Å². The minimum Gasteiger partial charge on any atom is -0.484 e. The summed E-state index contributed by atoms with van der Waals surface area (Å²) >= 11 is 5.70. The van der Waals surface area contributed by atoms with E-state index >= 15 is 0 Å². The summed E-state index contributed by atoms with van der Waals surface area (Å²) in [6.45, 7) is -0.453. The summed E-state index contributed by atoms with van der Waals surface area (Å²) in [5.74, 6) is -0.773. The molecule has 1 aromatic rings. The molecule has 2 N–H and O–H groups in total. The van der Waals surface area contributed by atoms with Crippen LogP contribution in [-0.4, -0.2) is 43.3 Å². The predicted octanol–water partition coefficient (Wildman–Crippen LogP) is 0.369. The fraction of sp³-hybridized carbons (Fsp3) is 0.333. The molecule has 0 fully saturated rings. The Labute approximate surface area is 115 Å². The Morgan fingerprint density at radius 2 is 2.00 bits per heavy atom. The first-order valence-corrected chi connectivity index (χ1v) is 5.81. The molecule has 1 aromatic carbocycles. The Morgan fingerprint density at radius 3 is 2.58 bits per heavy atom. The van der Waals surface area contributed by atoms with Crippen LogP contribution in [-0.2, 0) is 14.3 Å². The highest BCUT2D eigenvalue weighted by atomic mass is 35.5. The van der Waals surface area contributed by atoms with Crippen LogP contribution >= 0.6 is 11.6 Å². The molecule has 0 aliphatic heterocycles. The molecule has 1 atom stereocenters. The molecule has 6 nitrogen and oxygen atoms in total. The first-order chi connectivity index (χ1) is 9.02. The fourth-order valence-electron chi connectivity index (χ4n) is 1.16. The van der Waals surface area contributed by atoms with E-state index in [0.717, 1.165) is 7.11 Å². The number of nitrogens with one attached hydrogen (secondary N) is 1. The third-order valence-corrected chi connectivity index (χ3v) is 2.40. The second kappa shape index (κ2) is 7.60. The average Bonchev–Trinajstić information content (AvgIpc) is 2.43. The second-order valence-corrected chi connectivity index (χ2v) is 4.02. The van der Waals surface area contributed by atoms with E-state index in [1.165, 1.54) is 0 Å². The van der Waals surface area contributed by atoms with E-state index in [1.54, 1.807) is 24.3 Å². The summed E-state index contributed by atoms with van der Waals surface area (Å²) in [5, 5.41) is 12.1. The molecule has 19 heavy (non-hydrogen) atoms. The zero-order valence-corrected chi connectivity index (χ0v) is 11.0. The number of rotatable bonds is 6. The van der Waals surface area contributed by atoms with Gasteiger partial charge in [-0.2, -0.15) is 0 Å². The molecule has 0 heterocycles. The molecular weight excluding hydrogens is 274 g/mol. The van der Waals surface area contributed by atoms with E-state index < -0.39 is 18.0 Å². The quantitative estimate of drug-likeness (QED) is 0.739. The number of amides is 1. The molecular formula is C12H14ClNO5. The number of ether oxygens (including phenoxy) is 2. The van der Waals surface area contributed by atoms with Crippen LogP contribution in [0.15, 0.2) is 24.3 Å². The van der Waals surface area contributed by atoms with Gasteiger partial charge in [-0.15, -0.1) is 0 Å². The van der Waals surface area contributed by atoms with Crippen molar-refractivity contribution in [3.63, 3.8) is 0 Å². The summed E-state index contributed by atoms with van der Waals surface area (Å²) in [4.78, 5) is 22.2. The van der Waals surface area contributed by atoms with E-state index in [2.05, 4.69) is 10.1 Å². The normalized spacial score (nSPS) is 11.5. The van der Waals surface area contributed by atoms with Crippen LogP contribution in [0, 0.1) is 0 Å². The van der Waals surface area contributed by atoms with Crippen molar-refractivity contribution < 1.29 is 24.2 Å². The number of halogens is 1. The molecule has 1 unspecified atom stereocenters. The third-order valence-electron chi connectivity index (χ3n) is 2.15. The number of hydrogen-bond acceptors (Lipinski definition) is 5. The van der Waals surface area contributed by atoms with Gasteiger partial charge in [-0.1, -0.05) is 11.6 Å². The van der Waals surface area contributed by atoms with Gasteiger partial charge in [-0.05, 0) is 24.3 Å². The van der Waals surface area contributed by atoms with Crippen LogP contribution < -0.4 is 10.1 Å². The first kappa shape index (κ1) is 15.3. The van der Waals surface area contributed by atoms with Crippen LogP contribution in [0.5, 0.6) is 5.75 Å². The molecule has 104 valence electrons. The molecule has 7 heteroatoms. The topological polar surface area (TPSA) is 84.9 Å². The van der Waals surface area contributed by atoms with E-state index in [1.807, 2.05) is 0 Å². The molecule has 0 radical (unpaired) electrons. The number of aliphatic hydroxyl groups excluding tert-OH is 1. The smallest absolute Gasteiger partial charge is 0.336 e. The lowest BCUT2D eigenvalue weighted by molar-refractivity contribution is -0.150. The largest absolute Gasteiger partial charge is 0.484 e. The van der Waals surface area contributed by atoms with E-state index in [9.17, 15) is 14.7 Å². The second-order valence-electron chi connectivity index (χ2n) is 3.59. The number of esters is 1. The van der Waals surface area contributed by atoms with E-state index in [0.29, 0.717) is 10.8 Å². The predicted molar refractivity (Wildman–Crippen MR) is 68.0 cm³/mol. The van der Waals surface area contributed by atoms with E-state index in [4.69, 9.17) is 16.3 Å². The summed E-state index contributed by atoms with van der Waals surface area (Å²) in [5.41, 5.74) is 0. The minimum absolute atomic E-state index is 0.227. The molecule has 0 saturated heterocycles. The number of methoxy groups -OCH3 is 1. The van der Waals surface area contributed by atoms with Gasteiger partial charge >= 0.3 is 5.97 Å². The number of benzene rings is 1. The molecule has 0 saturated carbocycles. The lowest BCUT2D eigenvalue weighted by Gasteiger charge is -2.10. The number of carbonyl (C=O) groups is 2. The zero-order valence-electron chi connectivity index (χ0n) is 10.3. The van der Waals surface area contributed by atoms with E-state index in [-0.39, 0.29) is 13.2 Å². The molecule has 1 amide bonds. The van der Waals surface area contributed by atoms with Gasteiger partial charge in [0.15, 0.2) is 12.7 Å². The number of aliphatic hydroxyl groups is 1. The van der Waals surface area contributed by atoms with Gasteiger partial charge in [0.25, 0.3) is 5.91 Å². The van der Waals surface area contributed by atoms with Crippen molar-refractivity contribution in [3.8, 4) is 5.75 Å². The standard InChI is InChI=1S/C12H14ClNO5/c1-18-12(17)10(15)6-14-11(16)7-19-9-4-2-8(13)3-5-9/h2-5,10,15H,6-7H2,1H3,(H,14,16). The maximum atomic E-state index is 11.4. The van der Waals surface area contributed by atoms with Gasteiger partial charge in [0.05, 0.1) is 13.7 Å². The number of hydrogen-bond donors (Lipinski definition) is 2. The first-order valence-electron chi connectivity index (χ1n) is 5.44. The summed E-state index contributed by atoms with van der Waals surface area (Å²) in [6.07, 6.45) is -1.38. The van der Waals surface area contributed by atoms with Gasteiger partial charge in [-0.3, -0.25) is 4.79 Å². The maximum absolute atomic E-state index is 11.4. The Bertz CT molecular complexity index is 434. The van der Waals surface area contributed by atoms with Crippen LogP contribution in [0.3, 0.4) is 0 Å². The Kier molecular flexibility index (Phi) is 6.11. The monoisotopic (exact) mass is 287 g/mol. The molecule has 0 aromatic heterocycles. The van der Waals surface area contributed by atoms with Crippen molar-refractivity contribution in [2.24, 2.45) is 0 Å². The minimum atomic E-state index is -1.38. The highest BCUT2D eigenvalue weighted by Crippen LogP contribution is 2.15. The molecule has 0 aliphatic carbocycles. The average molecular weight is 288 g/mol. The molecule has 0 bridgehead atoms. The van der Waals surface area contributed by atoms with Crippen LogP contribution in [0.2, 0.25) is 5.02 Å². The highest BCUT2D eigenvalue weighted by molar-refractivity contribution is 6.30. The van der Waals surface area contributed by atoms with Gasteiger partial charge in [0.2, 0.25) is 0 Å². The third kappa shape index (κ3) is 5.58. The van der Waals surface area contributed by atoms with Crippen molar-refractivity contribution in [2.45, 2.75) is 6.10 Å². The highest BCUT2D eigenvalue weighted by Gasteiger charge is 2.16. The van der Waals surface area contributed by atoms with Crippen molar-refractivity contribution >= 4 is 23.5 Å². The van der Waals surface area contributed by atoms with Gasteiger partial charge in [0, 0.05) is 5.02 Å². The lowest BCUT2D eigenvalue weighted by atomic mass is 10.3. The summed E-state index contributed by atoms with van der Waals surface area (Å²) in [6, 6.07) is 6.52. The van der Waals surface area contributed by atoms with Gasteiger partial charge in [0.1, 0.15) is 5.75 Å². The Balaban J connectivity index is 2.28. The molecule has 0 spiro atoms. The lowest BCUT2D eigenvalue weighted by Crippen LogP contribution is -2.39. The summed E-state index contributed by atoms with van der Waals surface area (Å²) in [7, 11) is 1.15. The molecule has 1 rings (SSSR count).